The van der Waals surface area contributed by atoms with Crippen LogP contribution in [0.2, 0.25) is 0 Å². The van der Waals surface area contributed by atoms with Gasteiger partial charge in [0.05, 0.1) is 11.2 Å². The molecule has 106 valence electrons. The highest BCUT2D eigenvalue weighted by Crippen LogP contribution is 2.34. The van der Waals surface area contributed by atoms with Crippen molar-refractivity contribution in [2.75, 3.05) is 23.8 Å². The topological polar surface area (TPSA) is 62.4 Å². The Morgan fingerprint density at radius 2 is 2.15 bits per heavy atom. The molecule has 0 aliphatic heterocycles. The molecule has 1 fully saturated rings. The number of anilines is 2. The van der Waals surface area contributed by atoms with Crippen molar-refractivity contribution in [2.24, 2.45) is 0 Å². The van der Waals surface area contributed by atoms with Crippen LogP contribution in [0.5, 0.6) is 0 Å². The Kier molecular flexibility index (Phi) is 3.74. The molecule has 0 unspecified atom stereocenters. The van der Waals surface area contributed by atoms with Gasteiger partial charge in [0, 0.05) is 36.5 Å². The van der Waals surface area contributed by atoms with Crippen molar-refractivity contribution >= 4 is 22.3 Å². The molecule has 3 rings (SSSR count). The number of fused-ring (bicyclic) bond motifs is 1. The zero-order valence-electron chi connectivity index (χ0n) is 11.6. The molecule has 4 nitrogen and oxygen atoms in total. The van der Waals surface area contributed by atoms with Gasteiger partial charge in [-0.25, -0.2) is 0 Å². The summed E-state index contributed by atoms with van der Waals surface area (Å²) in [6.45, 7) is 1.11. The maximum atomic E-state index is 9.13. The normalized spacial score (nSPS) is 15.2. The third-order valence-corrected chi connectivity index (χ3v) is 4.16. The molecule has 0 atom stereocenters. The minimum Gasteiger partial charge on any atom is -0.397 e. The first-order valence-electron chi connectivity index (χ1n) is 7.32. The van der Waals surface area contributed by atoms with Gasteiger partial charge in [-0.3, -0.25) is 4.98 Å². The van der Waals surface area contributed by atoms with E-state index >= 15 is 0 Å². The standard InChI is InChI=1S/C16H21N3O/c17-14-7-2-6-13-15(8-9-18-16(13)14)19(10-3-11-20)12-4-1-5-12/h2,6-9,12,20H,1,3-5,10-11,17H2. The van der Waals surface area contributed by atoms with E-state index in [0.717, 1.165) is 29.6 Å². The second kappa shape index (κ2) is 5.67. The van der Waals surface area contributed by atoms with Crippen molar-refractivity contribution in [1.29, 1.82) is 0 Å². The largest absolute Gasteiger partial charge is 0.397 e. The summed E-state index contributed by atoms with van der Waals surface area (Å²) in [5.74, 6) is 0. The predicted molar refractivity (Wildman–Crippen MR) is 82.8 cm³/mol. The minimum atomic E-state index is 0.231. The molecular weight excluding hydrogens is 250 g/mol. The van der Waals surface area contributed by atoms with Crippen LogP contribution in [0.4, 0.5) is 11.4 Å². The Morgan fingerprint density at radius 3 is 2.85 bits per heavy atom. The molecule has 0 bridgehead atoms. The van der Waals surface area contributed by atoms with Gasteiger partial charge in [-0.2, -0.15) is 0 Å². The van der Waals surface area contributed by atoms with Crippen molar-refractivity contribution in [1.82, 2.24) is 4.98 Å². The average Bonchev–Trinajstić information content (AvgIpc) is 2.41. The number of para-hydroxylation sites is 1. The maximum Gasteiger partial charge on any atom is 0.0951 e. The van der Waals surface area contributed by atoms with Gasteiger partial charge in [0.15, 0.2) is 0 Å². The molecule has 0 amide bonds. The summed E-state index contributed by atoms with van der Waals surface area (Å²) in [6.07, 6.45) is 6.39. The molecule has 4 heteroatoms. The van der Waals surface area contributed by atoms with Gasteiger partial charge in [0.2, 0.25) is 0 Å². The molecule has 0 radical (unpaired) electrons. The van der Waals surface area contributed by atoms with Crippen LogP contribution in [0.3, 0.4) is 0 Å². The van der Waals surface area contributed by atoms with E-state index in [1.807, 2.05) is 18.3 Å². The Bertz CT molecular complexity index is 595. The fourth-order valence-electron chi connectivity index (χ4n) is 2.87. The average molecular weight is 271 g/mol. The minimum absolute atomic E-state index is 0.231. The summed E-state index contributed by atoms with van der Waals surface area (Å²) in [6, 6.07) is 8.61. The van der Waals surface area contributed by atoms with E-state index < -0.39 is 0 Å². The number of aliphatic hydroxyl groups excluding tert-OH is 1. The highest BCUT2D eigenvalue weighted by Gasteiger charge is 2.26. The molecule has 0 saturated heterocycles. The Balaban J connectivity index is 2.03. The molecule has 1 aromatic carbocycles. The zero-order valence-corrected chi connectivity index (χ0v) is 11.6. The number of pyridine rings is 1. The lowest BCUT2D eigenvalue weighted by Crippen LogP contribution is -2.41. The molecular formula is C16H21N3O. The molecule has 1 aliphatic rings. The number of nitrogen functional groups attached to an aromatic ring is 1. The van der Waals surface area contributed by atoms with E-state index in [2.05, 4.69) is 22.0 Å². The fraction of sp³-hybridized carbons (Fsp3) is 0.438. The summed E-state index contributed by atoms with van der Waals surface area (Å²) < 4.78 is 0. The number of hydrogen-bond acceptors (Lipinski definition) is 4. The van der Waals surface area contributed by atoms with Crippen LogP contribution < -0.4 is 10.6 Å². The van der Waals surface area contributed by atoms with Crippen LogP contribution in [-0.4, -0.2) is 29.3 Å². The monoisotopic (exact) mass is 271 g/mol. The second-order valence-corrected chi connectivity index (χ2v) is 5.43. The Morgan fingerprint density at radius 1 is 1.30 bits per heavy atom. The molecule has 0 spiro atoms. The molecule has 2 aromatic rings. The van der Waals surface area contributed by atoms with Gasteiger partial charge < -0.3 is 15.7 Å². The van der Waals surface area contributed by atoms with E-state index in [0.29, 0.717) is 6.04 Å². The van der Waals surface area contributed by atoms with Crippen molar-refractivity contribution in [3.05, 3.63) is 30.5 Å². The van der Waals surface area contributed by atoms with Gasteiger partial charge >= 0.3 is 0 Å². The number of nitrogens with two attached hydrogens (primary N) is 1. The van der Waals surface area contributed by atoms with E-state index in [4.69, 9.17) is 10.8 Å². The summed E-state index contributed by atoms with van der Waals surface area (Å²) in [5.41, 5.74) is 8.82. The SMILES string of the molecule is Nc1cccc2c(N(CCCO)C3CCC3)ccnc12. The van der Waals surface area contributed by atoms with Crippen molar-refractivity contribution < 1.29 is 5.11 Å². The molecule has 3 N–H and O–H groups in total. The number of nitrogens with zero attached hydrogens (tertiary/aromatic N) is 2. The number of rotatable bonds is 5. The lowest BCUT2D eigenvalue weighted by molar-refractivity contribution is 0.283. The number of aromatic nitrogens is 1. The number of aliphatic hydroxyl groups is 1. The first-order valence-corrected chi connectivity index (χ1v) is 7.32. The molecule has 1 saturated carbocycles. The Labute approximate surface area is 119 Å². The van der Waals surface area contributed by atoms with Crippen LogP contribution in [0.1, 0.15) is 25.7 Å². The Hall–Kier alpha value is -1.81. The summed E-state index contributed by atoms with van der Waals surface area (Å²) >= 11 is 0. The molecule has 1 heterocycles. The lowest BCUT2D eigenvalue weighted by Gasteiger charge is -2.39. The van der Waals surface area contributed by atoms with Crippen LogP contribution in [0.15, 0.2) is 30.5 Å². The summed E-state index contributed by atoms with van der Waals surface area (Å²) in [5, 5.41) is 10.2. The quantitative estimate of drug-likeness (QED) is 0.820. The molecule has 20 heavy (non-hydrogen) atoms. The van der Waals surface area contributed by atoms with Gasteiger partial charge in [-0.15, -0.1) is 0 Å². The zero-order chi connectivity index (χ0) is 13.9. The van der Waals surface area contributed by atoms with Crippen molar-refractivity contribution in [2.45, 2.75) is 31.7 Å². The van der Waals surface area contributed by atoms with Crippen LogP contribution in [0.25, 0.3) is 10.9 Å². The third kappa shape index (κ3) is 2.31. The number of benzene rings is 1. The second-order valence-electron chi connectivity index (χ2n) is 5.43. The number of hydrogen-bond donors (Lipinski definition) is 2. The summed E-state index contributed by atoms with van der Waals surface area (Å²) in [4.78, 5) is 6.83. The van der Waals surface area contributed by atoms with Crippen molar-refractivity contribution in [3.63, 3.8) is 0 Å². The highest BCUT2D eigenvalue weighted by molar-refractivity contribution is 5.98. The van der Waals surface area contributed by atoms with Crippen LogP contribution in [0, 0.1) is 0 Å². The van der Waals surface area contributed by atoms with Crippen LogP contribution in [-0.2, 0) is 0 Å². The van der Waals surface area contributed by atoms with E-state index in [1.165, 1.54) is 24.9 Å². The van der Waals surface area contributed by atoms with Gasteiger partial charge in [0.25, 0.3) is 0 Å². The fourth-order valence-corrected chi connectivity index (χ4v) is 2.87. The van der Waals surface area contributed by atoms with Crippen LogP contribution >= 0.6 is 0 Å². The molecule has 1 aromatic heterocycles. The van der Waals surface area contributed by atoms with E-state index in [9.17, 15) is 0 Å². The predicted octanol–water partition coefficient (Wildman–Crippen LogP) is 2.56. The summed E-state index contributed by atoms with van der Waals surface area (Å²) in [7, 11) is 0. The van der Waals surface area contributed by atoms with Gasteiger partial charge in [0.1, 0.15) is 0 Å². The van der Waals surface area contributed by atoms with Crippen molar-refractivity contribution in [3.8, 4) is 0 Å². The van der Waals surface area contributed by atoms with E-state index in [1.54, 1.807) is 0 Å². The molecule has 1 aliphatic carbocycles. The van der Waals surface area contributed by atoms with Gasteiger partial charge in [-0.05, 0) is 37.8 Å². The third-order valence-electron chi connectivity index (χ3n) is 4.16. The van der Waals surface area contributed by atoms with Gasteiger partial charge in [-0.1, -0.05) is 12.1 Å². The smallest absolute Gasteiger partial charge is 0.0951 e. The first kappa shape index (κ1) is 13.2. The lowest BCUT2D eigenvalue weighted by atomic mass is 9.90. The maximum absolute atomic E-state index is 9.13. The van der Waals surface area contributed by atoms with E-state index in [-0.39, 0.29) is 6.61 Å². The first-order chi connectivity index (χ1) is 9.81. The highest BCUT2D eigenvalue weighted by atomic mass is 16.3.